The first kappa shape index (κ1) is 15.0. The van der Waals surface area contributed by atoms with Crippen LogP contribution < -0.4 is 4.74 Å². The molecule has 0 unspecified atom stereocenters. The van der Waals surface area contributed by atoms with E-state index < -0.39 is 0 Å². The number of rotatable bonds is 4. The Labute approximate surface area is 133 Å². The molecule has 2 rings (SSSR count). The van der Waals surface area contributed by atoms with Crippen molar-refractivity contribution in [1.29, 1.82) is 0 Å². The maximum atomic E-state index is 12.6. The zero-order chi connectivity index (χ0) is 14.7. The van der Waals surface area contributed by atoms with Crippen molar-refractivity contribution in [3.05, 3.63) is 62.7 Å². The van der Waals surface area contributed by atoms with Crippen LogP contribution >= 0.6 is 22.6 Å². The van der Waals surface area contributed by atoms with Crippen molar-refractivity contribution in [1.82, 2.24) is 0 Å². The fourth-order valence-electron chi connectivity index (χ4n) is 1.96. The fraction of sp³-hybridized carbons (Fsp3) is 0.235. The molecule has 0 saturated carbocycles. The van der Waals surface area contributed by atoms with Crippen LogP contribution in [0, 0.1) is 10.5 Å². The number of carbonyl (C=O) groups excluding carboxylic acids is 1. The van der Waals surface area contributed by atoms with Crippen molar-refractivity contribution in [2.75, 3.05) is 0 Å². The molecule has 0 radical (unpaired) electrons. The van der Waals surface area contributed by atoms with Crippen LogP contribution in [0.4, 0.5) is 0 Å². The molecule has 0 N–H and O–H groups in total. The molecule has 0 aromatic heterocycles. The van der Waals surface area contributed by atoms with Crippen LogP contribution in [0.1, 0.15) is 35.3 Å². The number of hydrogen-bond donors (Lipinski definition) is 0. The maximum Gasteiger partial charge on any atom is 0.194 e. The van der Waals surface area contributed by atoms with Gasteiger partial charge < -0.3 is 4.74 Å². The monoisotopic (exact) mass is 380 g/mol. The lowest BCUT2D eigenvalue weighted by atomic mass is 10.0. The predicted molar refractivity (Wildman–Crippen MR) is 89.5 cm³/mol. The minimum atomic E-state index is 0.0345. The van der Waals surface area contributed by atoms with Gasteiger partial charge in [-0.25, -0.2) is 0 Å². The van der Waals surface area contributed by atoms with Crippen molar-refractivity contribution in [3.8, 4) is 5.75 Å². The van der Waals surface area contributed by atoms with E-state index in [9.17, 15) is 4.79 Å². The van der Waals surface area contributed by atoms with E-state index in [0.29, 0.717) is 5.56 Å². The van der Waals surface area contributed by atoms with Gasteiger partial charge in [0.2, 0.25) is 0 Å². The van der Waals surface area contributed by atoms with Gasteiger partial charge in [-0.2, -0.15) is 0 Å². The molecule has 20 heavy (non-hydrogen) atoms. The zero-order valence-corrected chi connectivity index (χ0v) is 14.0. The maximum absolute atomic E-state index is 12.6. The fourth-order valence-corrected chi connectivity index (χ4v) is 2.57. The summed E-state index contributed by atoms with van der Waals surface area (Å²) in [5.74, 6) is 0.765. The van der Waals surface area contributed by atoms with Crippen molar-refractivity contribution in [2.24, 2.45) is 0 Å². The highest BCUT2D eigenvalue weighted by molar-refractivity contribution is 14.1. The van der Waals surface area contributed by atoms with E-state index in [0.717, 1.165) is 20.4 Å². The first-order valence-electron chi connectivity index (χ1n) is 6.55. The van der Waals surface area contributed by atoms with E-state index in [1.807, 2.05) is 57.2 Å². The van der Waals surface area contributed by atoms with Crippen LogP contribution in [-0.2, 0) is 0 Å². The van der Waals surface area contributed by atoms with E-state index in [2.05, 4.69) is 22.6 Å². The van der Waals surface area contributed by atoms with E-state index in [1.54, 1.807) is 6.07 Å². The Morgan fingerprint density at radius 2 is 1.85 bits per heavy atom. The Hall–Kier alpha value is -1.36. The molecule has 0 fully saturated rings. The Morgan fingerprint density at radius 3 is 2.55 bits per heavy atom. The van der Waals surface area contributed by atoms with Crippen molar-refractivity contribution >= 4 is 28.4 Å². The SMILES string of the molecule is Cc1cccc(C(=O)c2cccc(OC(C)C)c2)c1I. The average molecular weight is 380 g/mol. The van der Waals surface area contributed by atoms with Crippen LogP contribution in [0.3, 0.4) is 0 Å². The third-order valence-electron chi connectivity index (χ3n) is 2.90. The molecule has 0 aliphatic rings. The molecule has 2 aromatic rings. The molecule has 104 valence electrons. The van der Waals surface area contributed by atoms with Crippen LogP contribution in [0.15, 0.2) is 42.5 Å². The normalized spacial score (nSPS) is 10.7. The topological polar surface area (TPSA) is 26.3 Å². The van der Waals surface area contributed by atoms with Gasteiger partial charge in [-0.3, -0.25) is 4.79 Å². The molecular weight excluding hydrogens is 363 g/mol. The number of benzene rings is 2. The second-order valence-electron chi connectivity index (χ2n) is 4.96. The minimum absolute atomic E-state index is 0.0345. The highest BCUT2D eigenvalue weighted by Gasteiger charge is 2.14. The Kier molecular flexibility index (Phi) is 4.81. The zero-order valence-electron chi connectivity index (χ0n) is 11.8. The highest BCUT2D eigenvalue weighted by atomic mass is 127. The lowest BCUT2D eigenvalue weighted by molar-refractivity contribution is 0.103. The van der Waals surface area contributed by atoms with Crippen LogP contribution in [0.5, 0.6) is 5.75 Å². The van der Waals surface area contributed by atoms with E-state index >= 15 is 0 Å². The highest BCUT2D eigenvalue weighted by Crippen LogP contribution is 2.22. The van der Waals surface area contributed by atoms with Gasteiger partial charge in [-0.1, -0.05) is 24.3 Å². The molecule has 0 aliphatic carbocycles. The predicted octanol–water partition coefficient (Wildman–Crippen LogP) is 4.62. The number of halogens is 1. The quantitative estimate of drug-likeness (QED) is 0.572. The molecule has 0 amide bonds. The molecule has 2 nitrogen and oxygen atoms in total. The molecule has 2 aromatic carbocycles. The molecule has 0 aliphatic heterocycles. The van der Waals surface area contributed by atoms with Crippen LogP contribution in [-0.4, -0.2) is 11.9 Å². The summed E-state index contributed by atoms with van der Waals surface area (Å²) in [6.45, 7) is 5.95. The van der Waals surface area contributed by atoms with Gasteiger partial charge in [0.25, 0.3) is 0 Å². The lowest BCUT2D eigenvalue weighted by Crippen LogP contribution is -2.08. The Morgan fingerprint density at radius 1 is 1.15 bits per heavy atom. The summed E-state index contributed by atoms with van der Waals surface area (Å²) in [7, 11) is 0. The molecule has 0 heterocycles. The summed E-state index contributed by atoms with van der Waals surface area (Å²) in [5.41, 5.74) is 2.52. The largest absolute Gasteiger partial charge is 0.491 e. The number of hydrogen-bond acceptors (Lipinski definition) is 2. The molecular formula is C17H17IO2. The summed E-state index contributed by atoms with van der Waals surface area (Å²) in [6, 6.07) is 13.2. The summed E-state index contributed by atoms with van der Waals surface area (Å²) in [4.78, 5) is 12.6. The van der Waals surface area contributed by atoms with E-state index in [4.69, 9.17) is 4.74 Å². The van der Waals surface area contributed by atoms with Gasteiger partial charge >= 0.3 is 0 Å². The van der Waals surface area contributed by atoms with E-state index in [1.165, 1.54) is 0 Å². The first-order chi connectivity index (χ1) is 9.49. The van der Waals surface area contributed by atoms with Crippen LogP contribution in [0.25, 0.3) is 0 Å². The summed E-state index contributed by atoms with van der Waals surface area (Å²) in [6.07, 6.45) is 0.0967. The van der Waals surface area contributed by atoms with Gasteiger partial charge in [0.05, 0.1) is 6.10 Å². The lowest BCUT2D eigenvalue weighted by Gasteiger charge is -2.11. The summed E-state index contributed by atoms with van der Waals surface area (Å²) < 4.78 is 6.65. The molecule has 0 atom stereocenters. The standard InChI is InChI=1S/C17H17IO2/c1-11(2)20-14-8-5-7-13(10-14)17(19)15-9-4-6-12(3)16(15)18/h4-11H,1-3H3. The van der Waals surface area contributed by atoms with Gasteiger partial charge in [0, 0.05) is 14.7 Å². The number of aryl methyl sites for hydroxylation is 1. The number of carbonyl (C=O) groups is 1. The summed E-state index contributed by atoms with van der Waals surface area (Å²) >= 11 is 2.22. The molecule has 3 heteroatoms. The number of ketones is 1. The van der Waals surface area contributed by atoms with Crippen LogP contribution in [0.2, 0.25) is 0 Å². The second-order valence-corrected chi connectivity index (χ2v) is 6.04. The first-order valence-corrected chi connectivity index (χ1v) is 7.63. The average Bonchev–Trinajstić information content (AvgIpc) is 2.41. The van der Waals surface area contributed by atoms with Crippen molar-refractivity contribution < 1.29 is 9.53 Å². The Bertz CT molecular complexity index is 633. The van der Waals surface area contributed by atoms with E-state index in [-0.39, 0.29) is 11.9 Å². The third kappa shape index (κ3) is 3.39. The van der Waals surface area contributed by atoms with Gasteiger partial charge in [0.1, 0.15) is 5.75 Å². The Balaban J connectivity index is 2.36. The van der Waals surface area contributed by atoms with Crippen molar-refractivity contribution in [2.45, 2.75) is 26.9 Å². The third-order valence-corrected chi connectivity index (χ3v) is 4.34. The van der Waals surface area contributed by atoms with Gasteiger partial charge in [0.15, 0.2) is 5.78 Å². The van der Waals surface area contributed by atoms with Crippen molar-refractivity contribution in [3.63, 3.8) is 0 Å². The minimum Gasteiger partial charge on any atom is -0.491 e. The second kappa shape index (κ2) is 6.39. The summed E-state index contributed by atoms with van der Waals surface area (Å²) in [5, 5.41) is 0. The smallest absolute Gasteiger partial charge is 0.194 e. The molecule has 0 bridgehead atoms. The van der Waals surface area contributed by atoms with Gasteiger partial charge in [-0.15, -0.1) is 0 Å². The number of ether oxygens (including phenoxy) is 1. The molecule has 0 saturated heterocycles. The van der Waals surface area contributed by atoms with Gasteiger partial charge in [-0.05, 0) is 67.1 Å². The molecule has 0 spiro atoms.